The first-order valence-electron chi connectivity index (χ1n) is 20.4. The molecular weight excluding hydrogens is 926 g/mol. The molecule has 0 saturated heterocycles. The SMILES string of the molecule is CC(C)(C)c1ccnc(-n2c3[c-]c(Oc4[c-]c(-c5cc(-c6ccccc6)ccn5)cc5c4-c4ccccc4-c4ccccc4-c4ccccc4-5)ccc3c3ccccc32)c1.[Pt+2]. The van der Waals surface area contributed by atoms with E-state index in [1.807, 2.05) is 24.5 Å². The first-order valence-corrected chi connectivity index (χ1v) is 20.4. The third-order valence-electron chi connectivity index (χ3n) is 11.7. The summed E-state index contributed by atoms with van der Waals surface area (Å²) >= 11 is 0. The van der Waals surface area contributed by atoms with Crippen LogP contribution >= 0.6 is 0 Å². The van der Waals surface area contributed by atoms with Crippen molar-refractivity contribution in [3.63, 3.8) is 0 Å². The number of ether oxygens (including phenoxy) is 1. The molecule has 1 aliphatic rings. The van der Waals surface area contributed by atoms with Crippen LogP contribution in [-0.2, 0) is 26.5 Å². The predicted molar refractivity (Wildman–Crippen MR) is 245 cm³/mol. The monoisotopic (exact) mass is 964 g/mol. The Kier molecular flexibility index (Phi) is 9.62. The normalized spacial score (nSPS) is 11.7. The first-order chi connectivity index (χ1) is 29.4. The molecule has 11 rings (SSSR count). The van der Waals surface area contributed by atoms with Crippen LogP contribution in [0.2, 0.25) is 0 Å². The quantitative estimate of drug-likeness (QED) is 0.161. The molecule has 0 fully saturated rings. The van der Waals surface area contributed by atoms with Gasteiger partial charge < -0.3 is 14.3 Å². The zero-order valence-electron chi connectivity index (χ0n) is 33.9. The number of hydrogen-bond donors (Lipinski definition) is 0. The van der Waals surface area contributed by atoms with Gasteiger partial charge in [0.25, 0.3) is 0 Å². The van der Waals surface area contributed by atoms with Crippen LogP contribution in [0.25, 0.3) is 94.5 Å². The number of pyridine rings is 2. The van der Waals surface area contributed by atoms with Gasteiger partial charge in [0, 0.05) is 23.7 Å². The molecule has 4 nitrogen and oxygen atoms in total. The van der Waals surface area contributed by atoms with Crippen molar-refractivity contribution in [3.05, 3.63) is 200 Å². The zero-order chi connectivity index (χ0) is 40.4. The van der Waals surface area contributed by atoms with Crippen molar-refractivity contribution >= 4 is 21.8 Å². The summed E-state index contributed by atoms with van der Waals surface area (Å²) in [6, 6.07) is 67.3. The maximum Gasteiger partial charge on any atom is 2.00 e. The molecule has 3 heterocycles. The molecule has 0 saturated carbocycles. The minimum absolute atomic E-state index is 0. The minimum Gasteiger partial charge on any atom is -0.502 e. The van der Waals surface area contributed by atoms with E-state index in [-0.39, 0.29) is 26.5 Å². The summed E-state index contributed by atoms with van der Waals surface area (Å²) < 4.78 is 9.42. The van der Waals surface area contributed by atoms with Crippen molar-refractivity contribution in [1.29, 1.82) is 0 Å². The van der Waals surface area contributed by atoms with E-state index in [1.165, 1.54) is 16.7 Å². The molecule has 10 aromatic rings. The topological polar surface area (TPSA) is 39.9 Å². The predicted octanol–water partition coefficient (Wildman–Crippen LogP) is 14.6. The second-order valence-corrected chi connectivity index (χ2v) is 16.4. The third kappa shape index (κ3) is 6.69. The van der Waals surface area contributed by atoms with Gasteiger partial charge in [-0.05, 0) is 96.4 Å². The van der Waals surface area contributed by atoms with Gasteiger partial charge in [-0.2, -0.15) is 6.07 Å². The van der Waals surface area contributed by atoms with Crippen molar-refractivity contribution in [2.45, 2.75) is 26.2 Å². The number of hydrogen-bond acceptors (Lipinski definition) is 3. The van der Waals surface area contributed by atoms with Crippen LogP contribution in [0.4, 0.5) is 0 Å². The van der Waals surface area contributed by atoms with E-state index in [4.69, 9.17) is 14.7 Å². The van der Waals surface area contributed by atoms with Crippen LogP contribution in [0.5, 0.6) is 11.5 Å². The van der Waals surface area contributed by atoms with Crippen molar-refractivity contribution < 1.29 is 25.8 Å². The number of rotatable bonds is 5. The summed E-state index contributed by atoms with van der Waals surface area (Å²) in [5.41, 5.74) is 15.8. The van der Waals surface area contributed by atoms with E-state index in [0.717, 1.165) is 83.4 Å². The smallest absolute Gasteiger partial charge is 0.502 e. The Hall–Kier alpha value is -6.87. The summed E-state index contributed by atoms with van der Waals surface area (Å²) in [6.45, 7) is 6.69. The molecule has 0 aliphatic heterocycles. The molecule has 0 bridgehead atoms. The van der Waals surface area contributed by atoms with E-state index in [9.17, 15) is 0 Å². The van der Waals surface area contributed by atoms with Gasteiger partial charge >= 0.3 is 21.1 Å². The summed E-state index contributed by atoms with van der Waals surface area (Å²) in [5.74, 6) is 2.02. The maximum atomic E-state index is 7.21. The Morgan fingerprint density at radius 3 is 1.82 bits per heavy atom. The van der Waals surface area contributed by atoms with Gasteiger partial charge in [-0.1, -0.05) is 165 Å². The van der Waals surface area contributed by atoms with Crippen LogP contribution in [-0.4, -0.2) is 14.5 Å². The number of aromatic nitrogens is 3. The average Bonchev–Trinajstić information content (AvgIpc) is 3.62. The fourth-order valence-electron chi connectivity index (χ4n) is 8.77. The Labute approximate surface area is 370 Å². The molecule has 0 atom stereocenters. The van der Waals surface area contributed by atoms with Gasteiger partial charge in [0.15, 0.2) is 0 Å². The van der Waals surface area contributed by atoms with Crippen molar-refractivity contribution in [2.75, 3.05) is 0 Å². The molecule has 7 aromatic carbocycles. The second-order valence-electron chi connectivity index (χ2n) is 16.4. The van der Waals surface area contributed by atoms with E-state index >= 15 is 0 Å². The maximum absolute atomic E-state index is 7.21. The average molecular weight is 965 g/mol. The standard InChI is InChI=1S/C56H39N3O.Pt/c1-56(2,3)39-28-30-58-54(34-39)59-51-24-14-13-22-46(51)47-26-25-40(35-52(47)59)60-53-33-38(50-32-37(27-29-57-50)36-15-5-4-6-16-36)31-49-45-21-10-9-19-43(45)41-17-7-8-18-42(41)44-20-11-12-23-48(44)55(49)53;/h4-32,34H,1-3H3;/q-2;+2. The third-order valence-corrected chi connectivity index (χ3v) is 11.7. The van der Waals surface area contributed by atoms with E-state index < -0.39 is 0 Å². The van der Waals surface area contributed by atoms with Crippen LogP contribution < -0.4 is 4.74 Å². The summed E-state index contributed by atoms with van der Waals surface area (Å²) in [4.78, 5) is 9.85. The summed E-state index contributed by atoms with van der Waals surface area (Å²) in [6.07, 6.45) is 3.79. The molecule has 0 amide bonds. The zero-order valence-corrected chi connectivity index (χ0v) is 36.2. The largest absolute Gasteiger partial charge is 2.00 e. The summed E-state index contributed by atoms with van der Waals surface area (Å²) in [5, 5.41) is 2.21. The van der Waals surface area contributed by atoms with Gasteiger partial charge in [-0.3, -0.25) is 0 Å². The molecule has 0 N–H and O–H groups in total. The van der Waals surface area contributed by atoms with Crippen LogP contribution in [0.15, 0.2) is 182 Å². The molecule has 1 aliphatic carbocycles. The minimum atomic E-state index is -0.0448. The van der Waals surface area contributed by atoms with Gasteiger partial charge in [0.2, 0.25) is 0 Å². The van der Waals surface area contributed by atoms with E-state index in [1.54, 1.807) is 0 Å². The molecule has 3 aromatic heterocycles. The van der Waals surface area contributed by atoms with Gasteiger partial charge in [-0.25, -0.2) is 4.98 Å². The molecule has 0 spiro atoms. The fourth-order valence-corrected chi connectivity index (χ4v) is 8.77. The molecular formula is C56H39N3OPt. The van der Waals surface area contributed by atoms with Gasteiger partial charge in [-0.15, -0.1) is 29.1 Å². The Morgan fingerprint density at radius 1 is 0.508 bits per heavy atom. The van der Waals surface area contributed by atoms with Crippen LogP contribution in [0, 0.1) is 12.1 Å². The van der Waals surface area contributed by atoms with E-state index in [2.05, 4.69) is 195 Å². The number of fused-ring (bicyclic) bond motifs is 11. The van der Waals surface area contributed by atoms with Crippen LogP contribution in [0.1, 0.15) is 26.3 Å². The summed E-state index contributed by atoms with van der Waals surface area (Å²) in [7, 11) is 0. The Balaban J connectivity index is 0.00000445. The Morgan fingerprint density at radius 2 is 1.11 bits per heavy atom. The van der Waals surface area contributed by atoms with Crippen molar-refractivity contribution in [2.24, 2.45) is 0 Å². The molecule has 0 unspecified atom stereocenters. The Bertz CT molecular complexity index is 3290. The molecule has 5 heteroatoms. The number of para-hydroxylation sites is 1. The number of nitrogens with zero attached hydrogens (tertiary/aromatic N) is 3. The molecule has 61 heavy (non-hydrogen) atoms. The second kappa shape index (κ2) is 15.3. The fraction of sp³-hybridized carbons (Fsp3) is 0.0714. The van der Waals surface area contributed by atoms with Gasteiger partial charge in [0.05, 0.1) is 5.75 Å². The number of benzene rings is 7. The molecule has 294 valence electrons. The van der Waals surface area contributed by atoms with Gasteiger partial charge in [0.1, 0.15) is 5.82 Å². The van der Waals surface area contributed by atoms with Crippen LogP contribution in [0.3, 0.4) is 0 Å². The van der Waals surface area contributed by atoms with Crippen molar-refractivity contribution in [3.8, 4) is 84.2 Å². The van der Waals surface area contributed by atoms with Crippen molar-refractivity contribution in [1.82, 2.24) is 14.5 Å². The first kappa shape index (κ1) is 38.3. The van der Waals surface area contributed by atoms with E-state index in [0.29, 0.717) is 11.5 Å². The molecule has 0 radical (unpaired) electrons.